The second-order valence-electron chi connectivity index (χ2n) is 3.20. The first-order valence-corrected chi connectivity index (χ1v) is 6.01. The summed E-state index contributed by atoms with van der Waals surface area (Å²) in [7, 11) is 1.65. The van der Waals surface area contributed by atoms with Gasteiger partial charge in [-0.1, -0.05) is 0 Å². The molecule has 16 heavy (non-hydrogen) atoms. The smallest absolute Gasteiger partial charge is 0.233 e. The molecule has 0 aliphatic rings. The highest BCUT2D eigenvalue weighted by Crippen LogP contribution is 2.22. The zero-order valence-electron chi connectivity index (χ0n) is 9.23. The lowest BCUT2D eigenvalue weighted by atomic mass is 10.3. The SMILES string of the molecule is COc1ccc(SCCCC(=O)NN)cc1. The van der Waals surface area contributed by atoms with Gasteiger partial charge in [0.1, 0.15) is 5.75 Å². The fourth-order valence-corrected chi connectivity index (χ4v) is 2.02. The van der Waals surface area contributed by atoms with Crippen LogP contribution in [0.4, 0.5) is 0 Å². The fourth-order valence-electron chi connectivity index (χ4n) is 1.17. The number of ether oxygens (including phenoxy) is 1. The minimum absolute atomic E-state index is 0.115. The standard InChI is InChI=1S/C11H16N2O2S/c1-15-9-4-6-10(7-5-9)16-8-2-3-11(14)13-12/h4-7H,2-3,8,12H2,1H3,(H,13,14). The number of carbonyl (C=O) groups excluding carboxylic acids is 1. The van der Waals surface area contributed by atoms with Crippen molar-refractivity contribution in [3.05, 3.63) is 24.3 Å². The summed E-state index contributed by atoms with van der Waals surface area (Å²) in [6.45, 7) is 0. The largest absolute Gasteiger partial charge is 0.497 e. The Morgan fingerprint density at radius 3 is 2.69 bits per heavy atom. The average molecular weight is 240 g/mol. The van der Waals surface area contributed by atoms with Crippen LogP contribution in [0.3, 0.4) is 0 Å². The maximum absolute atomic E-state index is 10.8. The number of hydrogen-bond acceptors (Lipinski definition) is 4. The molecule has 1 aromatic rings. The number of hydrogen-bond donors (Lipinski definition) is 2. The molecule has 0 heterocycles. The number of benzene rings is 1. The summed E-state index contributed by atoms with van der Waals surface area (Å²) < 4.78 is 5.06. The lowest BCUT2D eigenvalue weighted by molar-refractivity contribution is -0.121. The zero-order valence-corrected chi connectivity index (χ0v) is 10.0. The lowest BCUT2D eigenvalue weighted by Crippen LogP contribution is -2.29. The number of thioether (sulfide) groups is 1. The van der Waals surface area contributed by atoms with Crippen molar-refractivity contribution in [2.24, 2.45) is 5.84 Å². The molecule has 0 aromatic heterocycles. The molecule has 88 valence electrons. The highest BCUT2D eigenvalue weighted by atomic mass is 32.2. The van der Waals surface area contributed by atoms with E-state index in [1.54, 1.807) is 18.9 Å². The summed E-state index contributed by atoms with van der Waals surface area (Å²) in [5.41, 5.74) is 2.11. The minimum Gasteiger partial charge on any atom is -0.497 e. The summed E-state index contributed by atoms with van der Waals surface area (Å²) in [5, 5.41) is 0. The van der Waals surface area contributed by atoms with E-state index in [2.05, 4.69) is 5.43 Å². The second kappa shape index (κ2) is 7.14. The van der Waals surface area contributed by atoms with Gasteiger partial charge in [-0.15, -0.1) is 11.8 Å². The topological polar surface area (TPSA) is 64.3 Å². The molecule has 1 rings (SSSR count). The molecular weight excluding hydrogens is 224 g/mol. The first-order valence-electron chi connectivity index (χ1n) is 5.02. The number of hydrazine groups is 1. The Morgan fingerprint density at radius 2 is 2.12 bits per heavy atom. The first kappa shape index (κ1) is 12.9. The van der Waals surface area contributed by atoms with Crippen molar-refractivity contribution in [2.75, 3.05) is 12.9 Å². The molecule has 1 amide bonds. The summed E-state index contributed by atoms with van der Waals surface area (Å²) in [4.78, 5) is 12.0. The van der Waals surface area contributed by atoms with Crippen LogP contribution in [0.2, 0.25) is 0 Å². The number of nitrogens with one attached hydrogen (secondary N) is 1. The van der Waals surface area contributed by atoms with Crippen molar-refractivity contribution in [2.45, 2.75) is 17.7 Å². The van der Waals surface area contributed by atoms with Crippen LogP contribution >= 0.6 is 11.8 Å². The third-order valence-corrected chi connectivity index (χ3v) is 3.14. The van der Waals surface area contributed by atoms with Gasteiger partial charge in [0, 0.05) is 11.3 Å². The Hall–Kier alpha value is -1.20. The molecule has 0 spiro atoms. The quantitative estimate of drug-likeness (QED) is 0.260. The Balaban J connectivity index is 2.24. The summed E-state index contributed by atoms with van der Waals surface area (Å²) in [6, 6.07) is 7.86. The van der Waals surface area contributed by atoms with E-state index in [1.165, 1.54) is 4.90 Å². The maximum Gasteiger partial charge on any atom is 0.233 e. The average Bonchev–Trinajstić information content (AvgIpc) is 2.35. The highest BCUT2D eigenvalue weighted by molar-refractivity contribution is 7.99. The van der Waals surface area contributed by atoms with Gasteiger partial charge in [0.05, 0.1) is 7.11 Å². The van der Waals surface area contributed by atoms with Crippen molar-refractivity contribution < 1.29 is 9.53 Å². The molecule has 0 unspecified atom stereocenters. The van der Waals surface area contributed by atoms with Crippen molar-refractivity contribution >= 4 is 17.7 Å². The fraction of sp³-hybridized carbons (Fsp3) is 0.364. The molecule has 0 fully saturated rings. The first-order chi connectivity index (χ1) is 7.76. The molecule has 0 bridgehead atoms. The van der Waals surface area contributed by atoms with Crippen molar-refractivity contribution in [1.82, 2.24) is 5.43 Å². The molecule has 3 N–H and O–H groups in total. The lowest BCUT2D eigenvalue weighted by Gasteiger charge is -2.03. The zero-order chi connectivity index (χ0) is 11.8. The number of nitrogens with two attached hydrogens (primary N) is 1. The van der Waals surface area contributed by atoms with Crippen LogP contribution in [0, 0.1) is 0 Å². The molecule has 0 saturated carbocycles. The van der Waals surface area contributed by atoms with Crippen molar-refractivity contribution in [3.8, 4) is 5.75 Å². The van der Waals surface area contributed by atoms with Gasteiger partial charge in [-0.3, -0.25) is 10.2 Å². The van der Waals surface area contributed by atoms with E-state index in [-0.39, 0.29) is 5.91 Å². The molecule has 4 nitrogen and oxygen atoms in total. The molecule has 0 aliphatic heterocycles. The van der Waals surface area contributed by atoms with Crippen LogP contribution in [-0.4, -0.2) is 18.8 Å². The second-order valence-corrected chi connectivity index (χ2v) is 4.36. The third-order valence-electron chi connectivity index (χ3n) is 2.04. The highest BCUT2D eigenvalue weighted by Gasteiger charge is 1.99. The Morgan fingerprint density at radius 1 is 1.44 bits per heavy atom. The van der Waals surface area contributed by atoms with Crippen LogP contribution < -0.4 is 16.0 Å². The molecule has 0 aliphatic carbocycles. The summed E-state index contributed by atoms with van der Waals surface area (Å²) in [6.07, 6.45) is 1.29. The van der Waals surface area contributed by atoms with E-state index in [9.17, 15) is 4.79 Å². The van der Waals surface area contributed by atoms with Gasteiger partial charge in [-0.05, 0) is 36.4 Å². The van der Waals surface area contributed by atoms with E-state index in [0.717, 1.165) is 17.9 Å². The van der Waals surface area contributed by atoms with E-state index in [0.29, 0.717) is 6.42 Å². The van der Waals surface area contributed by atoms with Crippen LogP contribution in [0.25, 0.3) is 0 Å². The van der Waals surface area contributed by atoms with Gasteiger partial charge in [0.2, 0.25) is 5.91 Å². The van der Waals surface area contributed by atoms with Crippen molar-refractivity contribution in [1.29, 1.82) is 0 Å². The van der Waals surface area contributed by atoms with Crippen molar-refractivity contribution in [3.63, 3.8) is 0 Å². The van der Waals surface area contributed by atoms with Crippen LogP contribution in [-0.2, 0) is 4.79 Å². The van der Waals surface area contributed by atoms with Gasteiger partial charge in [0.15, 0.2) is 0 Å². The Labute approximate surface area is 99.5 Å². The van der Waals surface area contributed by atoms with Gasteiger partial charge in [-0.25, -0.2) is 5.84 Å². The van der Waals surface area contributed by atoms with Gasteiger partial charge in [-0.2, -0.15) is 0 Å². The number of amides is 1. The van der Waals surface area contributed by atoms with E-state index in [4.69, 9.17) is 10.6 Å². The summed E-state index contributed by atoms with van der Waals surface area (Å²) in [5.74, 6) is 6.62. The molecule has 1 aromatic carbocycles. The molecular formula is C11H16N2O2S. The van der Waals surface area contributed by atoms with E-state index >= 15 is 0 Å². The number of carbonyl (C=O) groups is 1. The van der Waals surface area contributed by atoms with Crippen LogP contribution in [0.5, 0.6) is 5.75 Å². The normalized spacial score (nSPS) is 9.88. The van der Waals surface area contributed by atoms with Gasteiger partial charge < -0.3 is 4.74 Å². The Bertz CT molecular complexity index is 327. The van der Waals surface area contributed by atoms with Gasteiger partial charge in [0.25, 0.3) is 0 Å². The van der Waals surface area contributed by atoms with Gasteiger partial charge >= 0.3 is 0 Å². The van der Waals surface area contributed by atoms with E-state index in [1.807, 2.05) is 24.3 Å². The maximum atomic E-state index is 10.8. The molecule has 0 atom stereocenters. The monoisotopic (exact) mass is 240 g/mol. The van der Waals surface area contributed by atoms with E-state index < -0.39 is 0 Å². The number of rotatable bonds is 6. The minimum atomic E-state index is -0.115. The molecule has 0 saturated heterocycles. The predicted molar refractivity (Wildman–Crippen MR) is 65.3 cm³/mol. The van der Waals surface area contributed by atoms with Crippen LogP contribution in [0.1, 0.15) is 12.8 Å². The molecule has 5 heteroatoms. The Kier molecular flexibility index (Phi) is 5.74. The summed E-state index contributed by atoms with van der Waals surface area (Å²) >= 11 is 1.72. The molecule has 0 radical (unpaired) electrons. The predicted octanol–water partition coefficient (Wildman–Crippen LogP) is 1.56. The third kappa shape index (κ3) is 4.55. The number of methoxy groups -OCH3 is 1. The van der Waals surface area contributed by atoms with Crippen LogP contribution in [0.15, 0.2) is 29.2 Å².